The third-order valence-electron chi connectivity index (χ3n) is 3.59. The van der Waals surface area contributed by atoms with E-state index in [1.54, 1.807) is 24.3 Å². The van der Waals surface area contributed by atoms with Crippen LogP contribution in [0, 0.1) is 6.92 Å². The van der Waals surface area contributed by atoms with Crippen LogP contribution in [0.15, 0.2) is 42.5 Å². The molecule has 132 valence electrons. The summed E-state index contributed by atoms with van der Waals surface area (Å²) in [4.78, 5) is 24.2. The predicted molar refractivity (Wildman–Crippen MR) is 99.0 cm³/mol. The van der Waals surface area contributed by atoms with Crippen molar-refractivity contribution in [3.8, 4) is 5.75 Å². The number of carbonyl (C=O) groups excluding carboxylic acids is 2. The number of anilines is 1. The van der Waals surface area contributed by atoms with Crippen molar-refractivity contribution in [3.63, 3.8) is 0 Å². The molecule has 0 bridgehead atoms. The second-order valence-corrected chi connectivity index (χ2v) is 6.07. The number of hydrogen-bond acceptors (Lipinski definition) is 3. The van der Waals surface area contributed by atoms with E-state index in [1.807, 2.05) is 39.0 Å². The molecule has 2 amide bonds. The monoisotopic (exact) mass is 360 g/mol. The van der Waals surface area contributed by atoms with Crippen LogP contribution in [0.1, 0.15) is 31.0 Å². The number of benzene rings is 2. The minimum absolute atomic E-state index is 0.370. The van der Waals surface area contributed by atoms with Crippen molar-refractivity contribution in [2.45, 2.75) is 26.8 Å². The maximum absolute atomic E-state index is 12.2. The number of rotatable bonds is 5. The van der Waals surface area contributed by atoms with Gasteiger partial charge in [0.25, 0.3) is 0 Å². The lowest BCUT2D eigenvalue weighted by Gasteiger charge is -2.18. The van der Waals surface area contributed by atoms with Crippen molar-refractivity contribution in [2.24, 2.45) is 0 Å². The molecule has 0 saturated carbocycles. The van der Waals surface area contributed by atoms with Crippen molar-refractivity contribution in [3.05, 3.63) is 58.6 Å². The van der Waals surface area contributed by atoms with Gasteiger partial charge in [0.05, 0.1) is 12.6 Å². The Kier molecular flexibility index (Phi) is 6.42. The first-order valence-corrected chi connectivity index (χ1v) is 8.39. The van der Waals surface area contributed by atoms with Gasteiger partial charge in [0.2, 0.25) is 0 Å². The number of aryl methyl sites for hydroxylation is 1. The lowest BCUT2D eigenvalue weighted by Crippen LogP contribution is -2.37. The Morgan fingerprint density at radius 3 is 2.44 bits per heavy atom. The fraction of sp³-hybridized carbons (Fsp3) is 0.263. The highest BCUT2D eigenvalue weighted by molar-refractivity contribution is 6.39. The zero-order valence-corrected chi connectivity index (χ0v) is 15.2. The van der Waals surface area contributed by atoms with Gasteiger partial charge in [-0.05, 0) is 51.1 Å². The average Bonchev–Trinajstić information content (AvgIpc) is 2.58. The van der Waals surface area contributed by atoms with Crippen molar-refractivity contribution in [1.82, 2.24) is 5.32 Å². The molecule has 0 aromatic heterocycles. The highest BCUT2D eigenvalue weighted by Crippen LogP contribution is 2.26. The van der Waals surface area contributed by atoms with Gasteiger partial charge in [-0.15, -0.1) is 0 Å². The van der Waals surface area contributed by atoms with Crippen LogP contribution in [0.3, 0.4) is 0 Å². The quantitative estimate of drug-likeness (QED) is 0.795. The minimum atomic E-state index is -0.736. The molecule has 0 aliphatic heterocycles. The van der Waals surface area contributed by atoms with E-state index in [2.05, 4.69) is 10.6 Å². The van der Waals surface area contributed by atoms with Gasteiger partial charge in [-0.2, -0.15) is 0 Å². The Balaban J connectivity index is 2.05. The molecule has 2 aromatic carbocycles. The first kappa shape index (κ1) is 18.8. The summed E-state index contributed by atoms with van der Waals surface area (Å²) in [6, 6.07) is 11.9. The van der Waals surface area contributed by atoms with E-state index in [4.69, 9.17) is 16.3 Å². The van der Waals surface area contributed by atoms with Crippen LogP contribution in [-0.4, -0.2) is 18.4 Å². The maximum Gasteiger partial charge on any atom is 0.313 e. The molecular formula is C19H21ClN2O3. The van der Waals surface area contributed by atoms with Crippen LogP contribution < -0.4 is 15.4 Å². The van der Waals surface area contributed by atoms with E-state index in [1.165, 1.54) is 0 Å². The molecule has 1 unspecified atom stereocenters. The summed E-state index contributed by atoms with van der Waals surface area (Å²) >= 11 is 5.80. The average molecular weight is 361 g/mol. The van der Waals surface area contributed by atoms with Crippen LogP contribution in [0.4, 0.5) is 5.69 Å². The van der Waals surface area contributed by atoms with Crippen LogP contribution >= 0.6 is 11.6 Å². The lowest BCUT2D eigenvalue weighted by atomic mass is 10.0. The molecule has 2 rings (SSSR count). The van der Waals surface area contributed by atoms with Gasteiger partial charge in [-0.1, -0.05) is 29.3 Å². The lowest BCUT2D eigenvalue weighted by molar-refractivity contribution is -0.136. The molecule has 0 fully saturated rings. The standard InChI is InChI=1S/C19H21ClN2O3/c1-4-25-17-10-5-12(2)11-16(17)13(3)21-18(23)19(24)22-15-8-6-14(20)7-9-15/h5-11,13H,4H2,1-3H3,(H,21,23)(H,22,24). The molecule has 0 radical (unpaired) electrons. The van der Waals surface area contributed by atoms with E-state index >= 15 is 0 Å². The van der Waals surface area contributed by atoms with E-state index in [-0.39, 0.29) is 6.04 Å². The third kappa shape index (κ3) is 5.22. The van der Waals surface area contributed by atoms with Gasteiger partial charge in [0.1, 0.15) is 5.75 Å². The number of carbonyl (C=O) groups is 2. The van der Waals surface area contributed by atoms with Crippen LogP contribution in [0.2, 0.25) is 5.02 Å². The smallest absolute Gasteiger partial charge is 0.313 e. The summed E-state index contributed by atoms with van der Waals surface area (Å²) in [6.07, 6.45) is 0. The fourth-order valence-electron chi connectivity index (χ4n) is 2.35. The van der Waals surface area contributed by atoms with Crippen LogP contribution in [-0.2, 0) is 9.59 Å². The Hall–Kier alpha value is -2.53. The first-order chi connectivity index (χ1) is 11.9. The highest BCUT2D eigenvalue weighted by atomic mass is 35.5. The van der Waals surface area contributed by atoms with E-state index < -0.39 is 11.8 Å². The van der Waals surface area contributed by atoms with Crippen molar-refractivity contribution >= 4 is 29.1 Å². The Morgan fingerprint density at radius 2 is 1.80 bits per heavy atom. The molecule has 0 saturated heterocycles. The first-order valence-electron chi connectivity index (χ1n) is 8.01. The van der Waals surface area contributed by atoms with Gasteiger partial charge >= 0.3 is 11.8 Å². The van der Waals surface area contributed by atoms with Crippen molar-refractivity contribution < 1.29 is 14.3 Å². The number of hydrogen-bond donors (Lipinski definition) is 2. The van der Waals surface area contributed by atoms with E-state index in [9.17, 15) is 9.59 Å². The number of amides is 2. The minimum Gasteiger partial charge on any atom is -0.494 e. The maximum atomic E-state index is 12.2. The van der Waals surface area contributed by atoms with Gasteiger partial charge in [0, 0.05) is 16.3 Å². The van der Waals surface area contributed by atoms with E-state index in [0.29, 0.717) is 23.1 Å². The van der Waals surface area contributed by atoms with Crippen LogP contribution in [0.5, 0.6) is 5.75 Å². The second kappa shape index (κ2) is 8.53. The summed E-state index contributed by atoms with van der Waals surface area (Å²) in [5.41, 5.74) is 2.38. The normalized spacial score (nSPS) is 11.5. The summed E-state index contributed by atoms with van der Waals surface area (Å²) in [6.45, 7) is 6.19. The van der Waals surface area contributed by atoms with Crippen molar-refractivity contribution in [1.29, 1.82) is 0 Å². The number of halogens is 1. The summed E-state index contributed by atoms with van der Waals surface area (Å²) in [5.74, 6) is -0.759. The molecule has 25 heavy (non-hydrogen) atoms. The topological polar surface area (TPSA) is 67.4 Å². The molecule has 1 atom stereocenters. The SMILES string of the molecule is CCOc1ccc(C)cc1C(C)NC(=O)C(=O)Nc1ccc(Cl)cc1. The second-order valence-electron chi connectivity index (χ2n) is 5.63. The molecule has 5 nitrogen and oxygen atoms in total. The Labute approximate surface area is 152 Å². The third-order valence-corrected chi connectivity index (χ3v) is 3.84. The fourth-order valence-corrected chi connectivity index (χ4v) is 2.48. The molecule has 6 heteroatoms. The van der Waals surface area contributed by atoms with Crippen LogP contribution in [0.25, 0.3) is 0 Å². The number of ether oxygens (including phenoxy) is 1. The van der Waals surface area contributed by atoms with Gasteiger partial charge < -0.3 is 15.4 Å². The summed E-state index contributed by atoms with van der Waals surface area (Å²) < 4.78 is 5.60. The zero-order valence-electron chi connectivity index (χ0n) is 14.4. The highest BCUT2D eigenvalue weighted by Gasteiger charge is 2.19. The Morgan fingerprint density at radius 1 is 1.12 bits per heavy atom. The molecule has 0 aliphatic carbocycles. The van der Waals surface area contributed by atoms with Gasteiger partial charge in [0.15, 0.2) is 0 Å². The largest absolute Gasteiger partial charge is 0.494 e. The predicted octanol–water partition coefficient (Wildman–Crippen LogP) is 3.86. The number of nitrogens with one attached hydrogen (secondary N) is 2. The molecule has 2 aromatic rings. The summed E-state index contributed by atoms with van der Waals surface area (Å²) in [5, 5.41) is 5.79. The van der Waals surface area contributed by atoms with Gasteiger partial charge in [-0.3, -0.25) is 9.59 Å². The summed E-state index contributed by atoms with van der Waals surface area (Å²) in [7, 11) is 0. The molecule has 2 N–H and O–H groups in total. The molecule has 0 aliphatic rings. The molecule has 0 heterocycles. The van der Waals surface area contributed by atoms with Gasteiger partial charge in [-0.25, -0.2) is 0 Å². The van der Waals surface area contributed by atoms with Crippen molar-refractivity contribution in [2.75, 3.05) is 11.9 Å². The molecule has 0 spiro atoms. The zero-order chi connectivity index (χ0) is 18.4. The van der Waals surface area contributed by atoms with E-state index in [0.717, 1.165) is 11.1 Å². The molecular weight excluding hydrogens is 340 g/mol. The Bertz CT molecular complexity index is 760.